The first-order valence-corrected chi connectivity index (χ1v) is 8.14. The van der Waals surface area contributed by atoms with E-state index in [0.717, 1.165) is 38.2 Å². The van der Waals surface area contributed by atoms with Crippen LogP contribution in [0.25, 0.3) is 0 Å². The van der Waals surface area contributed by atoms with Gasteiger partial charge in [-0.15, -0.1) is 0 Å². The smallest absolute Gasteiger partial charge is 0.134 e. The first kappa shape index (κ1) is 18.3. The summed E-state index contributed by atoms with van der Waals surface area (Å²) in [6, 6.07) is 5.50. The highest BCUT2D eigenvalue weighted by molar-refractivity contribution is 6.32. The Labute approximate surface area is 134 Å². The van der Waals surface area contributed by atoms with Gasteiger partial charge < -0.3 is 10.0 Å². The second kappa shape index (κ2) is 9.29. The van der Waals surface area contributed by atoms with Gasteiger partial charge >= 0.3 is 0 Å². The summed E-state index contributed by atoms with van der Waals surface area (Å²) in [5, 5.41) is 9.95. The fourth-order valence-corrected chi connectivity index (χ4v) is 2.53. The maximum Gasteiger partial charge on any atom is 0.134 e. The minimum atomic E-state index is 0.154. The fraction of sp³-hybridized carbons (Fsp3) is 0.647. The summed E-state index contributed by atoms with van der Waals surface area (Å²) < 4.78 is 0. The summed E-state index contributed by atoms with van der Waals surface area (Å²) in [6.45, 7) is 8.71. The van der Waals surface area contributed by atoms with Crippen LogP contribution in [-0.4, -0.2) is 48.6 Å². The van der Waals surface area contributed by atoms with E-state index >= 15 is 0 Å². The Balaban J connectivity index is 2.63. The van der Waals surface area contributed by atoms with Gasteiger partial charge in [0.2, 0.25) is 0 Å². The van der Waals surface area contributed by atoms with Crippen molar-refractivity contribution in [3.05, 3.63) is 28.8 Å². The number of hydrogen-bond acceptors (Lipinski definition) is 3. The zero-order chi connectivity index (χ0) is 15.8. The molecule has 21 heavy (non-hydrogen) atoms. The molecule has 4 heteroatoms. The quantitative estimate of drug-likeness (QED) is 0.750. The highest BCUT2D eigenvalue weighted by atomic mass is 35.5. The molecule has 0 aliphatic carbocycles. The van der Waals surface area contributed by atoms with Gasteiger partial charge in [0.05, 0.1) is 5.02 Å². The van der Waals surface area contributed by atoms with Crippen molar-refractivity contribution in [2.45, 2.75) is 33.2 Å². The van der Waals surface area contributed by atoms with E-state index in [4.69, 9.17) is 11.6 Å². The number of halogens is 1. The molecule has 3 nitrogen and oxygen atoms in total. The lowest BCUT2D eigenvalue weighted by Crippen LogP contribution is -2.31. The molecule has 1 atom stereocenters. The number of benzene rings is 1. The third-order valence-electron chi connectivity index (χ3n) is 3.76. The van der Waals surface area contributed by atoms with Crippen molar-refractivity contribution in [3.8, 4) is 5.75 Å². The topological polar surface area (TPSA) is 26.7 Å². The summed E-state index contributed by atoms with van der Waals surface area (Å²) in [7, 11) is 4.22. The molecule has 1 rings (SSSR count). The highest BCUT2D eigenvalue weighted by Crippen LogP contribution is 2.24. The number of rotatable bonds is 9. The summed E-state index contributed by atoms with van der Waals surface area (Å²) in [5.41, 5.74) is 1.16. The van der Waals surface area contributed by atoms with Crippen LogP contribution in [0.15, 0.2) is 18.2 Å². The molecule has 0 radical (unpaired) electrons. The van der Waals surface area contributed by atoms with Crippen LogP contribution in [0, 0.1) is 5.92 Å². The van der Waals surface area contributed by atoms with Crippen molar-refractivity contribution >= 4 is 11.6 Å². The first-order valence-electron chi connectivity index (χ1n) is 7.76. The van der Waals surface area contributed by atoms with Gasteiger partial charge in [0.15, 0.2) is 0 Å². The van der Waals surface area contributed by atoms with Crippen molar-refractivity contribution in [2.75, 3.05) is 33.7 Å². The number of aromatic hydroxyl groups is 1. The monoisotopic (exact) mass is 312 g/mol. The third kappa shape index (κ3) is 7.16. The predicted octanol–water partition coefficient (Wildman–Crippen LogP) is 3.85. The molecule has 0 amide bonds. The van der Waals surface area contributed by atoms with Crippen molar-refractivity contribution < 1.29 is 5.11 Å². The molecule has 0 aliphatic rings. The number of phenolic OH excluding ortho intramolecular Hbond substituents is 1. The van der Waals surface area contributed by atoms with Crippen LogP contribution in [-0.2, 0) is 6.54 Å². The molecule has 0 fully saturated rings. The van der Waals surface area contributed by atoms with E-state index < -0.39 is 0 Å². The molecule has 0 aliphatic heterocycles. The van der Waals surface area contributed by atoms with E-state index in [-0.39, 0.29) is 5.75 Å². The van der Waals surface area contributed by atoms with Crippen LogP contribution in [0.4, 0.5) is 0 Å². The zero-order valence-corrected chi connectivity index (χ0v) is 14.5. The Hall–Kier alpha value is -0.770. The number of phenols is 1. The molecule has 1 aromatic rings. The fourth-order valence-electron chi connectivity index (χ4n) is 2.32. The largest absolute Gasteiger partial charge is 0.506 e. The average Bonchev–Trinajstić information content (AvgIpc) is 2.42. The second-order valence-corrected chi connectivity index (χ2v) is 6.60. The maximum atomic E-state index is 9.51. The van der Waals surface area contributed by atoms with Gasteiger partial charge in [-0.2, -0.15) is 0 Å². The normalized spacial score (nSPS) is 13.1. The molecule has 1 aromatic carbocycles. The van der Waals surface area contributed by atoms with Crippen LogP contribution >= 0.6 is 11.6 Å². The molecule has 0 saturated heterocycles. The Kier molecular flexibility index (Phi) is 8.09. The van der Waals surface area contributed by atoms with Crippen molar-refractivity contribution in [1.29, 1.82) is 0 Å². The molecule has 1 unspecified atom stereocenters. The summed E-state index contributed by atoms with van der Waals surface area (Å²) in [4.78, 5) is 4.71. The van der Waals surface area contributed by atoms with Crippen molar-refractivity contribution in [3.63, 3.8) is 0 Å². The summed E-state index contributed by atoms with van der Waals surface area (Å²) in [5.74, 6) is 0.846. The van der Waals surface area contributed by atoms with Gasteiger partial charge in [-0.05, 0) is 57.2 Å². The van der Waals surface area contributed by atoms with Crippen LogP contribution in [0.5, 0.6) is 5.75 Å². The Morgan fingerprint density at radius 3 is 2.52 bits per heavy atom. The van der Waals surface area contributed by atoms with E-state index in [1.807, 2.05) is 12.1 Å². The van der Waals surface area contributed by atoms with Crippen LogP contribution < -0.4 is 0 Å². The van der Waals surface area contributed by atoms with Gasteiger partial charge in [0.1, 0.15) is 5.75 Å². The van der Waals surface area contributed by atoms with E-state index in [0.29, 0.717) is 10.9 Å². The lowest BCUT2D eigenvalue weighted by molar-refractivity contribution is 0.215. The minimum absolute atomic E-state index is 0.154. The molecule has 0 aromatic heterocycles. The van der Waals surface area contributed by atoms with Crippen molar-refractivity contribution in [2.24, 2.45) is 5.92 Å². The van der Waals surface area contributed by atoms with Crippen LogP contribution in [0.3, 0.4) is 0 Å². The standard InChI is InChI=1S/C17H29ClN2O/c1-5-14(2)12-20(10-6-9-19(3)4)13-15-7-8-17(21)16(18)11-15/h7-8,11,14,21H,5-6,9-10,12-13H2,1-4H3. The van der Waals surface area contributed by atoms with Gasteiger partial charge in [-0.3, -0.25) is 4.90 Å². The van der Waals surface area contributed by atoms with E-state index in [9.17, 15) is 5.11 Å². The van der Waals surface area contributed by atoms with E-state index in [2.05, 4.69) is 37.7 Å². The predicted molar refractivity (Wildman–Crippen MR) is 91.0 cm³/mol. The Morgan fingerprint density at radius 2 is 1.95 bits per heavy atom. The van der Waals surface area contributed by atoms with Crippen molar-refractivity contribution in [1.82, 2.24) is 9.80 Å². The Morgan fingerprint density at radius 1 is 1.24 bits per heavy atom. The molecule has 0 bridgehead atoms. The van der Waals surface area contributed by atoms with E-state index in [1.165, 1.54) is 6.42 Å². The molecular formula is C17H29ClN2O. The Bertz CT molecular complexity index is 423. The molecule has 120 valence electrons. The third-order valence-corrected chi connectivity index (χ3v) is 4.07. The van der Waals surface area contributed by atoms with Gasteiger partial charge in [0, 0.05) is 13.1 Å². The minimum Gasteiger partial charge on any atom is -0.506 e. The van der Waals surface area contributed by atoms with Crippen LogP contribution in [0.1, 0.15) is 32.3 Å². The molecule has 0 heterocycles. The lowest BCUT2D eigenvalue weighted by atomic mass is 10.1. The molecule has 0 spiro atoms. The summed E-state index contributed by atoms with van der Waals surface area (Å²) >= 11 is 6.00. The number of hydrogen-bond donors (Lipinski definition) is 1. The summed E-state index contributed by atoms with van der Waals surface area (Å²) in [6.07, 6.45) is 2.36. The lowest BCUT2D eigenvalue weighted by Gasteiger charge is -2.26. The van der Waals surface area contributed by atoms with Gasteiger partial charge in [-0.25, -0.2) is 0 Å². The molecular weight excluding hydrogens is 284 g/mol. The number of nitrogens with zero attached hydrogens (tertiary/aromatic N) is 2. The van der Waals surface area contributed by atoms with Gasteiger partial charge in [0.25, 0.3) is 0 Å². The first-order chi connectivity index (χ1) is 9.92. The van der Waals surface area contributed by atoms with Gasteiger partial charge in [-0.1, -0.05) is 37.9 Å². The van der Waals surface area contributed by atoms with E-state index in [1.54, 1.807) is 6.07 Å². The zero-order valence-electron chi connectivity index (χ0n) is 13.8. The maximum absolute atomic E-state index is 9.51. The average molecular weight is 313 g/mol. The second-order valence-electron chi connectivity index (χ2n) is 6.19. The molecule has 0 saturated carbocycles. The van der Waals surface area contributed by atoms with Crippen LogP contribution in [0.2, 0.25) is 5.02 Å². The molecule has 1 N–H and O–H groups in total. The SMILES string of the molecule is CCC(C)CN(CCCN(C)C)Cc1ccc(O)c(Cl)c1. The highest BCUT2D eigenvalue weighted by Gasteiger charge is 2.11.